The third kappa shape index (κ3) is 2.87. The summed E-state index contributed by atoms with van der Waals surface area (Å²) in [6, 6.07) is -0.0680. The Bertz CT molecular complexity index is 508. The molecule has 2 N–H and O–H groups in total. The molecule has 11 heteroatoms. The second kappa shape index (κ2) is 4.44. The number of nitrogens with one attached hydrogen (secondary N) is 2. The Balaban J connectivity index is 2.49. The number of carbonyl (C=O) groups is 1. The minimum atomic E-state index is -4.96. The Kier molecular flexibility index (Phi) is 3.16. The summed E-state index contributed by atoms with van der Waals surface area (Å²) in [4.78, 5) is 10.8. The lowest BCUT2D eigenvalue weighted by Crippen LogP contribution is -2.39. The summed E-state index contributed by atoms with van der Waals surface area (Å²) in [5.41, 5.74) is 3.35. The van der Waals surface area contributed by atoms with Crippen LogP contribution in [-0.2, 0) is 12.4 Å². The molecular weight excluding hydrogens is 294 g/mol. The molecule has 109 valence electrons. The van der Waals surface area contributed by atoms with E-state index in [1.54, 1.807) is 0 Å². The fourth-order valence-corrected chi connectivity index (χ4v) is 1.43. The molecule has 20 heavy (non-hydrogen) atoms. The summed E-state index contributed by atoms with van der Waals surface area (Å²) in [6.07, 6.45) is -9.92. The van der Waals surface area contributed by atoms with Gasteiger partial charge in [-0.3, -0.25) is 0 Å². The number of hydrogen-bond acceptors (Lipinski definition) is 3. The van der Waals surface area contributed by atoms with Crippen LogP contribution in [0.4, 0.5) is 36.8 Å². The van der Waals surface area contributed by atoms with E-state index in [0.29, 0.717) is 17.3 Å². The molecule has 5 nitrogen and oxygen atoms in total. The molecule has 0 aromatic heterocycles. The number of carbonyl (C=O) groups excluding carboxylic acids is 1. The van der Waals surface area contributed by atoms with Crippen LogP contribution in [0.2, 0.25) is 0 Å². The van der Waals surface area contributed by atoms with Crippen molar-refractivity contribution in [3.05, 3.63) is 29.3 Å². The maximum absolute atomic E-state index is 12.6. The normalized spacial score (nSPS) is 16.1. The van der Waals surface area contributed by atoms with E-state index in [1.165, 1.54) is 0 Å². The van der Waals surface area contributed by atoms with Gasteiger partial charge in [-0.1, -0.05) is 5.53 Å². The number of alkyl halides is 6. The van der Waals surface area contributed by atoms with Crippen LogP contribution >= 0.6 is 0 Å². The summed E-state index contributed by atoms with van der Waals surface area (Å²) in [5, 5.41) is 0.548. The maximum Gasteiger partial charge on any atom is 0.416 e. The van der Waals surface area contributed by atoms with Gasteiger partial charge in [0.15, 0.2) is 0 Å². The number of amides is 2. The van der Waals surface area contributed by atoms with E-state index in [-0.39, 0.29) is 6.07 Å². The summed E-state index contributed by atoms with van der Waals surface area (Å²) in [7, 11) is 0. The lowest BCUT2D eigenvalue weighted by molar-refractivity contribution is -0.143. The van der Waals surface area contributed by atoms with E-state index in [2.05, 4.69) is 5.43 Å². The topological polar surface area (TPSA) is 58.5 Å². The maximum atomic E-state index is 12.6. The van der Waals surface area contributed by atoms with Crippen molar-refractivity contribution in [3.63, 3.8) is 0 Å². The first-order chi connectivity index (χ1) is 9.07. The lowest BCUT2D eigenvalue weighted by Gasteiger charge is -2.19. The Hall–Kier alpha value is -2.17. The highest BCUT2D eigenvalue weighted by Gasteiger charge is 2.38. The monoisotopic (exact) mass is 299 g/mol. The van der Waals surface area contributed by atoms with Crippen molar-refractivity contribution in [2.75, 3.05) is 5.12 Å². The van der Waals surface area contributed by atoms with Crippen molar-refractivity contribution < 1.29 is 31.1 Å². The van der Waals surface area contributed by atoms with Gasteiger partial charge in [-0.15, -0.1) is 5.43 Å². The molecule has 1 saturated heterocycles. The van der Waals surface area contributed by atoms with Crippen LogP contribution in [0.3, 0.4) is 0 Å². The van der Waals surface area contributed by atoms with Crippen molar-refractivity contribution in [1.82, 2.24) is 16.4 Å². The molecule has 1 radical (unpaired) electrons. The van der Waals surface area contributed by atoms with Crippen LogP contribution in [0.25, 0.3) is 0 Å². The van der Waals surface area contributed by atoms with Gasteiger partial charge in [0, 0.05) is 0 Å². The minimum Gasteiger partial charge on any atom is -0.243 e. The predicted octanol–water partition coefficient (Wildman–Crippen LogP) is 2.19. The van der Waals surface area contributed by atoms with E-state index in [1.807, 2.05) is 11.0 Å². The second-order valence-corrected chi connectivity index (χ2v) is 3.73. The van der Waals surface area contributed by atoms with Crippen molar-refractivity contribution in [1.29, 1.82) is 0 Å². The van der Waals surface area contributed by atoms with Crippen LogP contribution in [-0.4, -0.2) is 6.03 Å². The first-order valence-corrected chi connectivity index (χ1v) is 4.94. The van der Waals surface area contributed by atoms with Gasteiger partial charge in [-0.25, -0.2) is 10.2 Å². The standard InChI is InChI=1S/C9H5F6N4O/c10-8(11,12)4-1-5(9(13,14)15)3-6(2-4)19-17-7(20)16-18-19/h1-3,18H,(H,17,20). The zero-order valence-corrected chi connectivity index (χ0v) is 9.30. The first kappa shape index (κ1) is 14.2. The molecule has 1 fully saturated rings. The molecule has 2 rings (SSSR count). The van der Waals surface area contributed by atoms with Crippen molar-refractivity contribution in [2.45, 2.75) is 12.4 Å². The predicted molar refractivity (Wildman–Crippen MR) is 52.7 cm³/mol. The van der Waals surface area contributed by atoms with Crippen LogP contribution in [0.1, 0.15) is 11.1 Å². The van der Waals surface area contributed by atoms with Gasteiger partial charge in [0.05, 0.1) is 16.8 Å². The van der Waals surface area contributed by atoms with Gasteiger partial charge < -0.3 is 0 Å². The fraction of sp³-hybridized carbons (Fsp3) is 0.222. The smallest absolute Gasteiger partial charge is 0.243 e. The highest BCUT2D eigenvalue weighted by atomic mass is 19.4. The third-order valence-corrected chi connectivity index (χ3v) is 2.29. The van der Waals surface area contributed by atoms with E-state index in [4.69, 9.17) is 0 Å². The zero-order chi connectivity index (χ0) is 15.1. The molecule has 1 heterocycles. The van der Waals surface area contributed by atoms with Gasteiger partial charge >= 0.3 is 18.4 Å². The van der Waals surface area contributed by atoms with E-state index < -0.39 is 35.2 Å². The number of hydrogen-bond donors (Lipinski definition) is 2. The third-order valence-electron chi connectivity index (χ3n) is 2.29. The Labute approximate surface area is 107 Å². The second-order valence-electron chi connectivity index (χ2n) is 3.73. The lowest BCUT2D eigenvalue weighted by atomic mass is 10.1. The number of nitrogens with zero attached hydrogens (tertiary/aromatic N) is 2. The Morgan fingerprint density at radius 3 is 1.80 bits per heavy atom. The number of anilines is 1. The van der Waals surface area contributed by atoms with Crippen LogP contribution in [0.15, 0.2) is 18.2 Å². The molecule has 0 aliphatic carbocycles. The van der Waals surface area contributed by atoms with Crippen LogP contribution in [0, 0.1) is 0 Å². The fourth-order valence-electron chi connectivity index (χ4n) is 1.43. The average Bonchev–Trinajstić information content (AvgIpc) is 2.73. The number of urea groups is 1. The molecule has 0 atom stereocenters. The molecule has 0 bridgehead atoms. The number of benzene rings is 1. The quantitative estimate of drug-likeness (QED) is 0.782. The zero-order valence-electron chi connectivity index (χ0n) is 9.30. The minimum absolute atomic E-state index is 0.0153. The van der Waals surface area contributed by atoms with Crippen molar-refractivity contribution in [2.24, 2.45) is 0 Å². The average molecular weight is 299 g/mol. The Morgan fingerprint density at radius 2 is 1.45 bits per heavy atom. The highest BCUT2D eigenvalue weighted by Crippen LogP contribution is 2.38. The first-order valence-electron chi connectivity index (χ1n) is 4.94. The molecule has 1 aromatic rings. The number of halogens is 6. The van der Waals surface area contributed by atoms with Gasteiger partial charge in [-0.05, 0) is 18.2 Å². The molecule has 0 unspecified atom stereocenters. The number of rotatable bonds is 1. The van der Waals surface area contributed by atoms with Crippen molar-refractivity contribution >= 4 is 11.7 Å². The van der Waals surface area contributed by atoms with Gasteiger partial charge in [0.25, 0.3) is 0 Å². The van der Waals surface area contributed by atoms with E-state index in [9.17, 15) is 31.1 Å². The summed E-state index contributed by atoms with van der Waals surface area (Å²) < 4.78 is 75.5. The SMILES string of the molecule is O=C1[N]NN(c2cc(C(F)(F)F)cc(C(F)(F)F)c2)N1. The van der Waals surface area contributed by atoms with Gasteiger partial charge in [0.2, 0.25) is 0 Å². The molecule has 0 spiro atoms. The highest BCUT2D eigenvalue weighted by molar-refractivity contribution is 5.77. The largest absolute Gasteiger partial charge is 0.416 e. The van der Waals surface area contributed by atoms with E-state index >= 15 is 0 Å². The molecule has 2 amide bonds. The van der Waals surface area contributed by atoms with Crippen LogP contribution < -0.4 is 21.5 Å². The molecule has 1 aromatic carbocycles. The summed E-state index contributed by atoms with van der Waals surface area (Å²) in [6.45, 7) is 0. The molecule has 0 saturated carbocycles. The molecule has 1 aliphatic rings. The summed E-state index contributed by atoms with van der Waals surface area (Å²) >= 11 is 0. The van der Waals surface area contributed by atoms with Gasteiger partial charge in [-0.2, -0.15) is 31.5 Å². The summed E-state index contributed by atoms with van der Waals surface area (Å²) in [5.74, 6) is 0. The van der Waals surface area contributed by atoms with Crippen molar-refractivity contribution in [3.8, 4) is 0 Å². The molecule has 1 aliphatic heterocycles. The number of hydrazine groups is 2. The van der Waals surface area contributed by atoms with E-state index in [0.717, 1.165) is 0 Å². The van der Waals surface area contributed by atoms with Crippen LogP contribution in [0.5, 0.6) is 0 Å². The Morgan fingerprint density at radius 1 is 0.950 bits per heavy atom. The molecular formula is C9H5F6N4O. The van der Waals surface area contributed by atoms with Gasteiger partial charge in [0.1, 0.15) is 0 Å².